The standard InChI is InChI=1S/C22H21F3N2O3/c1-13-8-14(9-15-10-21(2,3)30-19(13)15)11-27-18(28)12-26(20(27)29)17-6-4-16(5-7-17)22(23,24)25/h4-9H,10-12H2,1-3H3. The molecule has 1 fully saturated rings. The van der Waals surface area contributed by atoms with Gasteiger partial charge in [-0.3, -0.25) is 14.6 Å². The van der Waals surface area contributed by atoms with Gasteiger partial charge in [0, 0.05) is 12.1 Å². The van der Waals surface area contributed by atoms with Crippen LogP contribution in [0.5, 0.6) is 5.75 Å². The molecule has 30 heavy (non-hydrogen) atoms. The van der Waals surface area contributed by atoms with Crippen LogP contribution in [0.15, 0.2) is 36.4 Å². The Bertz CT molecular complexity index is 1030. The van der Waals surface area contributed by atoms with Crippen LogP contribution >= 0.6 is 0 Å². The molecule has 158 valence electrons. The van der Waals surface area contributed by atoms with E-state index in [1.54, 1.807) is 0 Å². The summed E-state index contributed by atoms with van der Waals surface area (Å²) in [6, 6.07) is 7.50. The molecule has 2 heterocycles. The summed E-state index contributed by atoms with van der Waals surface area (Å²) in [5, 5.41) is 0. The van der Waals surface area contributed by atoms with E-state index in [4.69, 9.17) is 4.74 Å². The Labute approximate surface area is 172 Å². The van der Waals surface area contributed by atoms with Crippen LogP contribution in [0.1, 0.15) is 36.1 Å². The van der Waals surface area contributed by atoms with Gasteiger partial charge in [-0.15, -0.1) is 0 Å². The van der Waals surface area contributed by atoms with E-state index < -0.39 is 23.7 Å². The van der Waals surface area contributed by atoms with Crippen LogP contribution < -0.4 is 9.64 Å². The number of halogens is 3. The Balaban J connectivity index is 1.54. The molecule has 1 saturated heterocycles. The zero-order valence-corrected chi connectivity index (χ0v) is 16.8. The lowest BCUT2D eigenvalue weighted by molar-refractivity contribution is -0.137. The van der Waals surface area contributed by atoms with Crippen molar-refractivity contribution in [2.24, 2.45) is 0 Å². The molecule has 0 spiro atoms. The first-order chi connectivity index (χ1) is 13.9. The van der Waals surface area contributed by atoms with E-state index in [1.165, 1.54) is 17.0 Å². The van der Waals surface area contributed by atoms with Crippen molar-refractivity contribution >= 4 is 17.6 Å². The highest BCUT2D eigenvalue weighted by molar-refractivity contribution is 6.12. The van der Waals surface area contributed by atoms with E-state index in [0.717, 1.165) is 45.9 Å². The molecule has 0 aliphatic carbocycles. The van der Waals surface area contributed by atoms with E-state index in [0.29, 0.717) is 0 Å². The summed E-state index contributed by atoms with van der Waals surface area (Å²) in [7, 11) is 0. The van der Waals surface area contributed by atoms with Gasteiger partial charge in [0.05, 0.1) is 12.1 Å². The SMILES string of the molecule is Cc1cc(CN2C(=O)CN(c3ccc(C(F)(F)F)cc3)C2=O)cc2c1OC(C)(C)C2. The molecule has 4 rings (SSSR count). The van der Waals surface area contributed by atoms with Crippen molar-refractivity contribution in [1.82, 2.24) is 4.90 Å². The van der Waals surface area contributed by atoms with Crippen molar-refractivity contribution in [2.75, 3.05) is 11.4 Å². The van der Waals surface area contributed by atoms with Crippen LogP contribution in [0.25, 0.3) is 0 Å². The second kappa shape index (κ2) is 6.75. The predicted octanol–water partition coefficient (Wildman–Crippen LogP) is 4.70. The van der Waals surface area contributed by atoms with E-state index in [-0.39, 0.29) is 24.4 Å². The van der Waals surface area contributed by atoms with Crippen LogP contribution in [0.2, 0.25) is 0 Å². The number of hydrogen-bond acceptors (Lipinski definition) is 3. The van der Waals surface area contributed by atoms with Gasteiger partial charge < -0.3 is 4.74 Å². The summed E-state index contributed by atoms with van der Waals surface area (Å²) in [6.07, 6.45) is -3.73. The summed E-state index contributed by atoms with van der Waals surface area (Å²) >= 11 is 0. The average Bonchev–Trinajstić information content (AvgIpc) is 3.11. The number of amides is 3. The number of urea groups is 1. The third kappa shape index (κ3) is 3.62. The molecule has 0 atom stereocenters. The number of carbonyl (C=O) groups is 2. The molecule has 0 unspecified atom stereocenters. The minimum atomic E-state index is -4.46. The zero-order valence-electron chi connectivity index (χ0n) is 16.8. The molecule has 0 radical (unpaired) electrons. The summed E-state index contributed by atoms with van der Waals surface area (Å²) in [6.45, 7) is 5.82. The van der Waals surface area contributed by atoms with Crippen molar-refractivity contribution in [1.29, 1.82) is 0 Å². The topological polar surface area (TPSA) is 49.9 Å². The fourth-order valence-corrected chi connectivity index (χ4v) is 3.98. The van der Waals surface area contributed by atoms with Crippen LogP contribution in [0.4, 0.5) is 23.7 Å². The van der Waals surface area contributed by atoms with Gasteiger partial charge in [-0.25, -0.2) is 4.79 Å². The molecular formula is C22H21F3N2O3. The first-order valence-corrected chi connectivity index (χ1v) is 9.55. The summed E-state index contributed by atoms with van der Waals surface area (Å²) in [5.41, 5.74) is 1.93. The van der Waals surface area contributed by atoms with Crippen molar-refractivity contribution in [3.05, 3.63) is 58.7 Å². The molecular weight excluding hydrogens is 397 g/mol. The first kappa shape index (κ1) is 20.3. The molecule has 8 heteroatoms. The number of hydrogen-bond donors (Lipinski definition) is 0. The van der Waals surface area contributed by atoms with Gasteiger partial charge in [-0.2, -0.15) is 13.2 Å². The highest BCUT2D eigenvalue weighted by Crippen LogP contribution is 2.38. The number of carbonyl (C=O) groups excluding carboxylic acids is 2. The van der Waals surface area contributed by atoms with Crippen LogP contribution in [-0.4, -0.2) is 29.0 Å². The summed E-state index contributed by atoms with van der Waals surface area (Å²) in [5.74, 6) is 0.448. The number of benzene rings is 2. The number of nitrogens with zero attached hydrogens (tertiary/aromatic N) is 2. The fourth-order valence-electron chi connectivity index (χ4n) is 3.98. The quantitative estimate of drug-likeness (QED) is 0.680. The van der Waals surface area contributed by atoms with Gasteiger partial charge >= 0.3 is 12.2 Å². The minimum absolute atomic E-state index is 0.101. The molecule has 0 N–H and O–H groups in total. The minimum Gasteiger partial charge on any atom is -0.487 e. The molecule has 2 aliphatic heterocycles. The second-order valence-corrected chi connectivity index (χ2v) is 8.33. The third-order valence-corrected chi connectivity index (χ3v) is 5.31. The number of rotatable bonds is 3. The summed E-state index contributed by atoms with van der Waals surface area (Å²) < 4.78 is 44.3. The third-order valence-electron chi connectivity index (χ3n) is 5.31. The van der Waals surface area contributed by atoms with Crippen LogP contribution in [-0.2, 0) is 23.9 Å². The maximum atomic E-state index is 12.8. The van der Waals surface area contributed by atoms with E-state index in [9.17, 15) is 22.8 Å². The molecule has 3 amide bonds. The maximum absolute atomic E-state index is 12.8. The number of fused-ring (bicyclic) bond motifs is 1. The molecule has 2 aliphatic rings. The smallest absolute Gasteiger partial charge is 0.416 e. The van der Waals surface area contributed by atoms with Crippen LogP contribution in [0, 0.1) is 6.92 Å². The molecule has 2 aromatic rings. The average molecular weight is 418 g/mol. The second-order valence-electron chi connectivity index (χ2n) is 8.33. The molecule has 2 aromatic carbocycles. The van der Waals surface area contributed by atoms with Crippen molar-refractivity contribution in [3.63, 3.8) is 0 Å². The maximum Gasteiger partial charge on any atom is 0.416 e. The molecule has 0 aromatic heterocycles. The Hall–Kier alpha value is -3.03. The van der Waals surface area contributed by atoms with Crippen LogP contribution in [0.3, 0.4) is 0 Å². The molecule has 5 nitrogen and oxygen atoms in total. The zero-order chi connectivity index (χ0) is 21.8. The lowest BCUT2D eigenvalue weighted by atomic mass is 9.98. The highest BCUT2D eigenvalue weighted by Gasteiger charge is 2.38. The number of imide groups is 1. The van der Waals surface area contributed by atoms with Gasteiger partial charge in [-0.05, 0) is 61.7 Å². The summed E-state index contributed by atoms with van der Waals surface area (Å²) in [4.78, 5) is 27.6. The van der Waals surface area contributed by atoms with Crippen molar-refractivity contribution in [2.45, 2.75) is 45.5 Å². The number of anilines is 1. The highest BCUT2D eigenvalue weighted by atomic mass is 19.4. The van der Waals surface area contributed by atoms with E-state index >= 15 is 0 Å². The van der Waals surface area contributed by atoms with Gasteiger partial charge in [0.15, 0.2) is 0 Å². The van der Waals surface area contributed by atoms with Gasteiger partial charge in [0.1, 0.15) is 17.9 Å². The normalized spacial score (nSPS) is 18.1. The molecule has 0 bridgehead atoms. The largest absolute Gasteiger partial charge is 0.487 e. The Morgan fingerprint density at radius 1 is 1.10 bits per heavy atom. The predicted molar refractivity (Wildman–Crippen MR) is 104 cm³/mol. The lowest BCUT2D eigenvalue weighted by Crippen LogP contribution is -2.32. The monoisotopic (exact) mass is 418 g/mol. The number of ether oxygens (including phenoxy) is 1. The fraction of sp³-hybridized carbons (Fsp3) is 0.364. The number of alkyl halides is 3. The van der Waals surface area contributed by atoms with Gasteiger partial charge in [0.25, 0.3) is 5.91 Å². The van der Waals surface area contributed by atoms with Crippen molar-refractivity contribution in [3.8, 4) is 5.75 Å². The first-order valence-electron chi connectivity index (χ1n) is 9.55. The van der Waals surface area contributed by atoms with Gasteiger partial charge in [-0.1, -0.05) is 12.1 Å². The van der Waals surface area contributed by atoms with E-state index in [2.05, 4.69) is 0 Å². The molecule has 0 saturated carbocycles. The van der Waals surface area contributed by atoms with Crippen molar-refractivity contribution < 1.29 is 27.5 Å². The lowest BCUT2D eigenvalue weighted by Gasteiger charge is -2.19. The Morgan fingerprint density at radius 3 is 2.40 bits per heavy atom. The number of aryl methyl sites for hydroxylation is 1. The van der Waals surface area contributed by atoms with Gasteiger partial charge in [0.2, 0.25) is 0 Å². The Kier molecular flexibility index (Phi) is 4.56. The Morgan fingerprint density at radius 2 is 1.77 bits per heavy atom. The van der Waals surface area contributed by atoms with E-state index in [1.807, 2.05) is 32.9 Å².